The minimum atomic E-state index is 0.729. The summed E-state index contributed by atoms with van der Waals surface area (Å²) >= 11 is 0. The Labute approximate surface area is 123 Å². The molecule has 1 nitrogen and oxygen atoms in total. The molecule has 0 aliphatic carbocycles. The van der Waals surface area contributed by atoms with Crippen LogP contribution in [0.25, 0.3) is 10.8 Å². The fourth-order valence-electron chi connectivity index (χ4n) is 2.63. The highest BCUT2D eigenvalue weighted by molar-refractivity contribution is 5.85. The zero-order valence-corrected chi connectivity index (χ0v) is 13.0. The first kappa shape index (κ1) is 15.1. The second-order valence-corrected chi connectivity index (χ2v) is 6.33. The molecule has 1 N–H and O–H groups in total. The van der Waals surface area contributed by atoms with Crippen LogP contribution in [0.4, 0.5) is 0 Å². The van der Waals surface area contributed by atoms with Crippen molar-refractivity contribution in [3.63, 3.8) is 0 Å². The number of hydrogen-bond donors (Lipinski definition) is 1. The lowest BCUT2D eigenvalue weighted by molar-refractivity contribution is 0.454. The number of nitrogens with one attached hydrogen (secondary N) is 1. The summed E-state index contributed by atoms with van der Waals surface area (Å²) in [6.07, 6.45) is 2.42. The molecule has 0 spiro atoms. The van der Waals surface area contributed by atoms with Crippen LogP contribution in [0.15, 0.2) is 42.5 Å². The molecular weight excluding hydrogens is 242 g/mol. The van der Waals surface area contributed by atoms with Gasteiger partial charge in [0.1, 0.15) is 0 Å². The van der Waals surface area contributed by atoms with E-state index in [1.165, 1.54) is 29.2 Å². The summed E-state index contributed by atoms with van der Waals surface area (Å²) in [7, 11) is 0. The van der Waals surface area contributed by atoms with Gasteiger partial charge in [-0.2, -0.15) is 0 Å². The molecule has 0 heterocycles. The molecule has 1 heteroatoms. The summed E-state index contributed by atoms with van der Waals surface area (Å²) < 4.78 is 0. The molecule has 0 aromatic heterocycles. The molecule has 0 fully saturated rings. The van der Waals surface area contributed by atoms with Crippen LogP contribution in [-0.2, 0) is 6.42 Å². The SMILES string of the molecule is CC(C)CNCC(C)CCc1cccc2ccccc12. The molecule has 0 aliphatic rings. The van der Waals surface area contributed by atoms with Gasteiger partial charge in [0.15, 0.2) is 0 Å². The predicted octanol–water partition coefficient (Wildman–Crippen LogP) is 4.65. The average molecular weight is 269 g/mol. The lowest BCUT2D eigenvalue weighted by Gasteiger charge is -2.14. The molecule has 0 bridgehead atoms. The summed E-state index contributed by atoms with van der Waals surface area (Å²) in [5, 5.41) is 6.33. The van der Waals surface area contributed by atoms with Crippen molar-refractivity contribution >= 4 is 10.8 Å². The molecule has 20 heavy (non-hydrogen) atoms. The summed E-state index contributed by atoms with van der Waals surface area (Å²) in [6.45, 7) is 9.11. The lowest BCUT2D eigenvalue weighted by Crippen LogP contribution is -2.25. The second kappa shape index (κ2) is 7.44. The Balaban J connectivity index is 1.89. The van der Waals surface area contributed by atoms with Gasteiger partial charge < -0.3 is 5.32 Å². The molecule has 0 saturated carbocycles. The van der Waals surface area contributed by atoms with Crippen molar-refractivity contribution in [3.05, 3.63) is 48.0 Å². The zero-order valence-electron chi connectivity index (χ0n) is 13.0. The molecule has 2 rings (SSSR count). The van der Waals surface area contributed by atoms with Gasteiger partial charge in [0, 0.05) is 0 Å². The molecular formula is C19H27N. The number of aryl methyl sites for hydroxylation is 1. The van der Waals surface area contributed by atoms with Crippen molar-refractivity contribution in [1.82, 2.24) is 5.32 Å². The molecule has 2 aromatic rings. The van der Waals surface area contributed by atoms with Crippen molar-refractivity contribution in [2.24, 2.45) is 11.8 Å². The average Bonchev–Trinajstić information content (AvgIpc) is 2.44. The van der Waals surface area contributed by atoms with Gasteiger partial charge in [0.2, 0.25) is 0 Å². The van der Waals surface area contributed by atoms with Gasteiger partial charge in [-0.1, -0.05) is 63.2 Å². The summed E-state index contributed by atoms with van der Waals surface area (Å²) in [5.41, 5.74) is 1.49. The molecule has 2 aromatic carbocycles. The van der Waals surface area contributed by atoms with E-state index in [0.717, 1.165) is 24.9 Å². The Morgan fingerprint density at radius 1 is 0.900 bits per heavy atom. The number of hydrogen-bond acceptors (Lipinski definition) is 1. The van der Waals surface area contributed by atoms with E-state index in [1.54, 1.807) is 0 Å². The molecule has 1 atom stereocenters. The topological polar surface area (TPSA) is 12.0 Å². The maximum atomic E-state index is 3.56. The fourth-order valence-corrected chi connectivity index (χ4v) is 2.63. The number of rotatable bonds is 7. The third kappa shape index (κ3) is 4.35. The maximum Gasteiger partial charge on any atom is -0.00229 e. The highest BCUT2D eigenvalue weighted by Crippen LogP contribution is 2.20. The Hall–Kier alpha value is -1.34. The van der Waals surface area contributed by atoms with Crippen LogP contribution in [0.5, 0.6) is 0 Å². The van der Waals surface area contributed by atoms with E-state index in [2.05, 4.69) is 68.6 Å². The lowest BCUT2D eigenvalue weighted by atomic mass is 9.96. The van der Waals surface area contributed by atoms with Gasteiger partial charge in [-0.3, -0.25) is 0 Å². The molecule has 0 amide bonds. The van der Waals surface area contributed by atoms with E-state index in [0.29, 0.717) is 0 Å². The van der Waals surface area contributed by atoms with E-state index >= 15 is 0 Å². The smallest absolute Gasteiger partial charge is 0.00229 e. The van der Waals surface area contributed by atoms with Gasteiger partial charge in [0.25, 0.3) is 0 Å². The number of benzene rings is 2. The third-order valence-corrected chi connectivity index (χ3v) is 3.83. The van der Waals surface area contributed by atoms with Crippen LogP contribution >= 0.6 is 0 Å². The third-order valence-electron chi connectivity index (χ3n) is 3.83. The van der Waals surface area contributed by atoms with Crippen LogP contribution < -0.4 is 5.32 Å². The van der Waals surface area contributed by atoms with Crippen molar-refractivity contribution in [2.75, 3.05) is 13.1 Å². The van der Waals surface area contributed by atoms with Crippen LogP contribution in [0.2, 0.25) is 0 Å². The van der Waals surface area contributed by atoms with Gasteiger partial charge >= 0.3 is 0 Å². The zero-order chi connectivity index (χ0) is 14.4. The molecule has 0 saturated heterocycles. The Morgan fingerprint density at radius 2 is 1.65 bits per heavy atom. The molecule has 0 aliphatic heterocycles. The predicted molar refractivity (Wildman–Crippen MR) is 89.1 cm³/mol. The Morgan fingerprint density at radius 3 is 2.45 bits per heavy atom. The van der Waals surface area contributed by atoms with Crippen molar-refractivity contribution < 1.29 is 0 Å². The Bertz CT molecular complexity index is 525. The normalized spacial score (nSPS) is 13.0. The van der Waals surface area contributed by atoms with Crippen LogP contribution in [0.1, 0.15) is 32.8 Å². The van der Waals surface area contributed by atoms with E-state index in [1.807, 2.05) is 0 Å². The summed E-state index contributed by atoms with van der Waals surface area (Å²) in [4.78, 5) is 0. The van der Waals surface area contributed by atoms with Gasteiger partial charge in [-0.05, 0) is 54.1 Å². The highest BCUT2D eigenvalue weighted by atomic mass is 14.9. The first-order valence-electron chi connectivity index (χ1n) is 7.84. The van der Waals surface area contributed by atoms with Crippen LogP contribution in [0.3, 0.4) is 0 Å². The highest BCUT2D eigenvalue weighted by Gasteiger charge is 2.05. The minimum Gasteiger partial charge on any atom is -0.316 e. The monoisotopic (exact) mass is 269 g/mol. The standard InChI is InChI=1S/C19H27N/c1-15(2)13-20-14-16(3)11-12-18-9-6-8-17-7-4-5-10-19(17)18/h4-10,15-16,20H,11-14H2,1-3H3. The van der Waals surface area contributed by atoms with Crippen LogP contribution in [-0.4, -0.2) is 13.1 Å². The molecule has 108 valence electrons. The maximum absolute atomic E-state index is 3.56. The second-order valence-electron chi connectivity index (χ2n) is 6.33. The first-order chi connectivity index (χ1) is 9.66. The van der Waals surface area contributed by atoms with E-state index in [-0.39, 0.29) is 0 Å². The number of fused-ring (bicyclic) bond motifs is 1. The summed E-state index contributed by atoms with van der Waals surface area (Å²) in [5.74, 6) is 1.47. The van der Waals surface area contributed by atoms with Gasteiger partial charge in [0.05, 0.1) is 0 Å². The van der Waals surface area contributed by atoms with Crippen LogP contribution in [0, 0.1) is 11.8 Å². The van der Waals surface area contributed by atoms with Gasteiger partial charge in [-0.15, -0.1) is 0 Å². The van der Waals surface area contributed by atoms with Crippen molar-refractivity contribution in [1.29, 1.82) is 0 Å². The largest absolute Gasteiger partial charge is 0.316 e. The molecule has 0 radical (unpaired) electrons. The molecule has 1 unspecified atom stereocenters. The Kier molecular flexibility index (Phi) is 5.60. The van der Waals surface area contributed by atoms with E-state index in [9.17, 15) is 0 Å². The van der Waals surface area contributed by atoms with E-state index in [4.69, 9.17) is 0 Å². The van der Waals surface area contributed by atoms with Crippen molar-refractivity contribution in [3.8, 4) is 0 Å². The first-order valence-corrected chi connectivity index (χ1v) is 7.84. The fraction of sp³-hybridized carbons (Fsp3) is 0.474. The van der Waals surface area contributed by atoms with Gasteiger partial charge in [-0.25, -0.2) is 0 Å². The van der Waals surface area contributed by atoms with E-state index < -0.39 is 0 Å². The minimum absolute atomic E-state index is 0.729. The quantitative estimate of drug-likeness (QED) is 0.771. The summed E-state index contributed by atoms with van der Waals surface area (Å²) in [6, 6.07) is 15.4. The van der Waals surface area contributed by atoms with Crippen molar-refractivity contribution in [2.45, 2.75) is 33.6 Å².